The molecule has 0 radical (unpaired) electrons. The topological polar surface area (TPSA) is 75.4 Å². The van der Waals surface area contributed by atoms with Crippen LogP contribution in [0.15, 0.2) is 53.3 Å². The van der Waals surface area contributed by atoms with Crippen LogP contribution in [-0.2, 0) is 11.3 Å². The Morgan fingerprint density at radius 3 is 2.61 bits per heavy atom. The smallest absolute Gasteiger partial charge is 0.306 e. The zero-order valence-corrected chi connectivity index (χ0v) is 15.2. The molecule has 2 heterocycles. The van der Waals surface area contributed by atoms with Gasteiger partial charge in [-0.15, -0.1) is 0 Å². The van der Waals surface area contributed by atoms with Crippen LogP contribution in [0.2, 0.25) is 0 Å². The van der Waals surface area contributed by atoms with E-state index in [0.717, 1.165) is 0 Å². The number of benzene rings is 2. The first kappa shape index (κ1) is 18.2. The van der Waals surface area contributed by atoms with Crippen LogP contribution in [0.25, 0.3) is 11.0 Å². The van der Waals surface area contributed by atoms with Crippen LogP contribution in [0.3, 0.4) is 0 Å². The van der Waals surface area contributed by atoms with E-state index in [-0.39, 0.29) is 23.8 Å². The van der Waals surface area contributed by atoms with Crippen molar-refractivity contribution in [1.82, 2.24) is 9.55 Å². The number of carbonyl (C=O) groups is 1. The second-order valence-electron chi connectivity index (χ2n) is 7.04. The third-order valence-electron chi connectivity index (χ3n) is 5.21. The van der Waals surface area contributed by atoms with Gasteiger partial charge in [0.15, 0.2) is 5.82 Å². The Morgan fingerprint density at radius 1 is 1.14 bits per heavy atom. The van der Waals surface area contributed by atoms with E-state index in [0.29, 0.717) is 48.3 Å². The molecule has 0 unspecified atom stereocenters. The van der Waals surface area contributed by atoms with Crippen molar-refractivity contribution in [2.24, 2.45) is 5.92 Å². The van der Waals surface area contributed by atoms with Gasteiger partial charge in [0.25, 0.3) is 5.56 Å². The highest BCUT2D eigenvalue weighted by molar-refractivity contribution is 5.76. The number of hydrogen-bond acceptors (Lipinski definition) is 4. The number of rotatable bonds is 4. The summed E-state index contributed by atoms with van der Waals surface area (Å²) in [6, 6.07) is 13.5. The summed E-state index contributed by atoms with van der Waals surface area (Å²) in [5, 5.41) is 9.19. The molecule has 1 saturated heterocycles. The summed E-state index contributed by atoms with van der Waals surface area (Å²) in [7, 11) is 0. The number of fused-ring (bicyclic) bond motifs is 1. The molecule has 1 fully saturated rings. The molecule has 0 spiro atoms. The van der Waals surface area contributed by atoms with Gasteiger partial charge in [-0.25, -0.2) is 9.37 Å². The maximum Gasteiger partial charge on any atom is 0.306 e. The number of anilines is 1. The predicted molar refractivity (Wildman–Crippen MR) is 104 cm³/mol. The quantitative estimate of drug-likeness (QED) is 0.752. The lowest BCUT2D eigenvalue weighted by Crippen LogP contribution is -2.41. The number of hydrogen-bond donors (Lipinski definition) is 1. The largest absolute Gasteiger partial charge is 0.481 e. The lowest BCUT2D eigenvalue weighted by Gasteiger charge is -2.31. The molecule has 3 aromatic rings. The normalized spacial score (nSPS) is 15.1. The number of carboxylic acid groups (broad SMARTS) is 1. The third kappa shape index (κ3) is 3.47. The summed E-state index contributed by atoms with van der Waals surface area (Å²) in [4.78, 5) is 30.8. The molecular formula is C21H20FN3O3. The number of aliphatic carboxylic acids is 1. The fourth-order valence-corrected chi connectivity index (χ4v) is 3.70. The van der Waals surface area contributed by atoms with Gasteiger partial charge in [-0.1, -0.05) is 24.3 Å². The Morgan fingerprint density at radius 2 is 1.89 bits per heavy atom. The average molecular weight is 381 g/mol. The summed E-state index contributed by atoms with van der Waals surface area (Å²) in [5.41, 5.74) is 1.79. The molecule has 28 heavy (non-hydrogen) atoms. The zero-order valence-electron chi connectivity index (χ0n) is 15.2. The predicted octanol–water partition coefficient (Wildman–Crippen LogP) is 2.88. The van der Waals surface area contributed by atoms with E-state index in [1.807, 2.05) is 29.2 Å². The molecule has 4 rings (SSSR count). The number of halogens is 1. The molecule has 144 valence electrons. The first-order valence-electron chi connectivity index (χ1n) is 9.24. The van der Waals surface area contributed by atoms with Crippen LogP contribution in [0.5, 0.6) is 0 Å². The maximum atomic E-state index is 13.6. The van der Waals surface area contributed by atoms with E-state index in [2.05, 4.69) is 4.98 Å². The molecule has 0 atom stereocenters. The van der Waals surface area contributed by atoms with Crippen LogP contribution in [0.4, 0.5) is 10.2 Å². The van der Waals surface area contributed by atoms with Gasteiger partial charge < -0.3 is 10.0 Å². The third-order valence-corrected chi connectivity index (χ3v) is 5.21. The lowest BCUT2D eigenvalue weighted by atomic mass is 9.97. The minimum Gasteiger partial charge on any atom is -0.481 e. The van der Waals surface area contributed by atoms with Crippen molar-refractivity contribution < 1.29 is 14.3 Å². The molecule has 0 aliphatic carbocycles. The molecule has 0 bridgehead atoms. The molecule has 1 aliphatic rings. The second kappa shape index (κ2) is 7.42. The first-order valence-corrected chi connectivity index (χ1v) is 9.24. The summed E-state index contributed by atoms with van der Waals surface area (Å²) in [5.74, 6) is -1.21. The minimum absolute atomic E-state index is 0.234. The van der Waals surface area contributed by atoms with Crippen molar-refractivity contribution in [2.45, 2.75) is 19.4 Å². The maximum absolute atomic E-state index is 13.6. The van der Waals surface area contributed by atoms with Crippen LogP contribution in [0, 0.1) is 11.7 Å². The Labute approximate surface area is 160 Å². The number of nitrogens with zero attached hydrogens (tertiary/aromatic N) is 3. The number of carboxylic acids is 1. The number of aromatic nitrogens is 2. The van der Waals surface area contributed by atoms with Crippen LogP contribution < -0.4 is 10.5 Å². The van der Waals surface area contributed by atoms with Crippen molar-refractivity contribution in [3.63, 3.8) is 0 Å². The Hall–Kier alpha value is -3.22. The van der Waals surface area contributed by atoms with E-state index >= 15 is 0 Å². The first-order chi connectivity index (χ1) is 13.5. The highest BCUT2D eigenvalue weighted by Gasteiger charge is 2.27. The van der Waals surface area contributed by atoms with E-state index in [9.17, 15) is 19.1 Å². The van der Waals surface area contributed by atoms with Gasteiger partial charge in [-0.2, -0.15) is 0 Å². The summed E-state index contributed by atoms with van der Waals surface area (Å²) in [6.45, 7) is 1.17. The second-order valence-corrected chi connectivity index (χ2v) is 7.04. The zero-order chi connectivity index (χ0) is 19.7. The molecule has 1 aromatic heterocycles. The standard InChI is InChI=1S/C21H20FN3O3/c22-16-5-3-4-14(12-16)13-25-18-7-2-1-6-17(18)23-19(20(25)26)24-10-8-15(9-11-24)21(27)28/h1-7,12,15H,8-11,13H2,(H,27,28). The van der Waals surface area contributed by atoms with Gasteiger partial charge >= 0.3 is 5.97 Å². The molecule has 0 amide bonds. The van der Waals surface area contributed by atoms with Gasteiger partial charge in [0, 0.05) is 13.1 Å². The molecule has 1 N–H and O–H groups in total. The number of para-hydroxylation sites is 2. The fraction of sp³-hybridized carbons (Fsp3) is 0.286. The van der Waals surface area contributed by atoms with E-state index in [1.165, 1.54) is 12.1 Å². The number of piperidine rings is 1. The Kier molecular flexibility index (Phi) is 4.81. The van der Waals surface area contributed by atoms with Crippen molar-refractivity contribution in [1.29, 1.82) is 0 Å². The SMILES string of the molecule is O=C(O)C1CCN(c2nc3ccccc3n(Cc3cccc(F)c3)c2=O)CC1. The highest BCUT2D eigenvalue weighted by atomic mass is 19.1. The van der Waals surface area contributed by atoms with Crippen molar-refractivity contribution in [3.05, 3.63) is 70.3 Å². The van der Waals surface area contributed by atoms with E-state index < -0.39 is 5.97 Å². The van der Waals surface area contributed by atoms with Gasteiger partial charge in [-0.05, 0) is 42.7 Å². The summed E-state index contributed by atoms with van der Waals surface area (Å²) < 4.78 is 15.2. The van der Waals surface area contributed by atoms with Crippen molar-refractivity contribution >= 4 is 22.8 Å². The fourth-order valence-electron chi connectivity index (χ4n) is 3.70. The van der Waals surface area contributed by atoms with E-state index in [4.69, 9.17) is 0 Å². The Bertz CT molecular complexity index is 1090. The van der Waals surface area contributed by atoms with Crippen LogP contribution in [0.1, 0.15) is 18.4 Å². The monoisotopic (exact) mass is 381 g/mol. The van der Waals surface area contributed by atoms with Gasteiger partial charge in [0.1, 0.15) is 5.82 Å². The molecule has 1 aliphatic heterocycles. The summed E-state index contributed by atoms with van der Waals surface area (Å²) >= 11 is 0. The minimum atomic E-state index is -0.797. The average Bonchev–Trinajstić information content (AvgIpc) is 2.70. The van der Waals surface area contributed by atoms with Gasteiger partial charge in [0.2, 0.25) is 0 Å². The van der Waals surface area contributed by atoms with Crippen LogP contribution in [-0.4, -0.2) is 33.7 Å². The molecular weight excluding hydrogens is 361 g/mol. The van der Waals surface area contributed by atoms with Crippen molar-refractivity contribution in [2.75, 3.05) is 18.0 Å². The Balaban J connectivity index is 1.75. The van der Waals surface area contributed by atoms with Gasteiger partial charge in [0.05, 0.1) is 23.5 Å². The molecule has 2 aromatic carbocycles. The summed E-state index contributed by atoms with van der Waals surface area (Å²) in [6.07, 6.45) is 0.959. The van der Waals surface area contributed by atoms with Crippen LogP contribution >= 0.6 is 0 Å². The molecule has 7 heteroatoms. The lowest BCUT2D eigenvalue weighted by molar-refractivity contribution is -0.142. The molecule has 6 nitrogen and oxygen atoms in total. The van der Waals surface area contributed by atoms with E-state index in [1.54, 1.807) is 16.7 Å². The van der Waals surface area contributed by atoms with Crippen molar-refractivity contribution in [3.8, 4) is 0 Å². The highest BCUT2D eigenvalue weighted by Crippen LogP contribution is 2.22. The molecule has 0 saturated carbocycles. The van der Waals surface area contributed by atoms with Gasteiger partial charge in [-0.3, -0.25) is 14.2 Å².